The first-order chi connectivity index (χ1) is 14.7. The van der Waals surface area contributed by atoms with Gasteiger partial charge in [0.1, 0.15) is 5.00 Å². The summed E-state index contributed by atoms with van der Waals surface area (Å²) in [4.78, 5) is 39.4. The Labute approximate surface area is 189 Å². The van der Waals surface area contributed by atoms with Crippen molar-refractivity contribution in [2.75, 3.05) is 23.7 Å². The van der Waals surface area contributed by atoms with E-state index in [0.717, 1.165) is 10.4 Å². The van der Waals surface area contributed by atoms with Gasteiger partial charge < -0.3 is 15.8 Å². The molecule has 0 saturated heterocycles. The van der Waals surface area contributed by atoms with E-state index in [1.807, 2.05) is 13.8 Å². The number of carbonyl (C=O) groups is 3. The van der Waals surface area contributed by atoms with Crippen LogP contribution in [0.3, 0.4) is 0 Å². The van der Waals surface area contributed by atoms with Gasteiger partial charge in [-0.2, -0.15) is 0 Å². The van der Waals surface area contributed by atoms with Crippen LogP contribution in [0.4, 0.5) is 15.5 Å². The monoisotopic (exact) mass is 464 g/mol. The molecule has 1 aromatic heterocycles. The van der Waals surface area contributed by atoms with Gasteiger partial charge in [-0.15, -0.1) is 11.3 Å². The molecule has 1 aliphatic rings. The summed E-state index contributed by atoms with van der Waals surface area (Å²) in [6.07, 6.45) is 0.781. The van der Waals surface area contributed by atoms with E-state index in [1.165, 1.54) is 11.3 Å². The zero-order valence-corrected chi connectivity index (χ0v) is 18.9. The highest BCUT2D eigenvalue weighted by atomic mass is 35.5. The molecule has 0 spiro atoms. The minimum atomic E-state index is -0.576. The molecule has 0 saturated carbocycles. The average Bonchev–Trinajstić information content (AvgIpc) is 3.04. The summed E-state index contributed by atoms with van der Waals surface area (Å²) >= 11 is 7.19. The highest BCUT2D eigenvalue weighted by Gasteiger charge is 2.28. The fourth-order valence-corrected chi connectivity index (χ4v) is 4.78. The van der Waals surface area contributed by atoms with Crippen LogP contribution in [0.2, 0.25) is 5.02 Å². The van der Waals surface area contributed by atoms with Crippen molar-refractivity contribution >= 4 is 51.5 Å². The first-order valence-electron chi connectivity index (χ1n) is 9.92. The zero-order chi connectivity index (χ0) is 22.5. The average molecular weight is 465 g/mol. The lowest BCUT2D eigenvalue weighted by atomic mass is 10.0. The minimum Gasteiger partial charge on any atom is -0.463 e. The SMILES string of the molecule is CC(C)OC(=O)CCN1CCc2c(sc(NC(=O)Nc3ccc(Cl)cc3)c2C(N)=O)C1. The van der Waals surface area contributed by atoms with Gasteiger partial charge in [0.05, 0.1) is 18.1 Å². The number of nitrogens with zero attached hydrogens (tertiary/aromatic N) is 1. The van der Waals surface area contributed by atoms with Gasteiger partial charge in [-0.05, 0) is 50.1 Å². The molecule has 31 heavy (non-hydrogen) atoms. The van der Waals surface area contributed by atoms with E-state index >= 15 is 0 Å². The summed E-state index contributed by atoms with van der Waals surface area (Å²) in [5.74, 6) is -0.806. The molecule has 2 aromatic rings. The van der Waals surface area contributed by atoms with Crippen molar-refractivity contribution in [2.24, 2.45) is 5.73 Å². The highest BCUT2D eigenvalue weighted by Crippen LogP contribution is 2.37. The fourth-order valence-electron chi connectivity index (χ4n) is 3.37. The summed E-state index contributed by atoms with van der Waals surface area (Å²) in [5.41, 5.74) is 7.40. The molecule has 10 heteroatoms. The summed E-state index contributed by atoms with van der Waals surface area (Å²) in [5, 5.41) is 6.43. The molecule has 3 rings (SSSR count). The Balaban J connectivity index is 1.67. The number of urea groups is 1. The molecule has 166 valence electrons. The Kier molecular flexibility index (Phi) is 7.53. The zero-order valence-electron chi connectivity index (χ0n) is 17.4. The molecule has 0 unspecified atom stereocenters. The molecule has 0 radical (unpaired) electrons. The predicted octanol–water partition coefficient (Wildman–Crippen LogP) is 3.84. The lowest BCUT2D eigenvalue weighted by molar-refractivity contribution is -0.147. The van der Waals surface area contributed by atoms with E-state index in [-0.39, 0.29) is 12.1 Å². The van der Waals surface area contributed by atoms with E-state index in [2.05, 4.69) is 15.5 Å². The van der Waals surface area contributed by atoms with Crippen LogP contribution in [0, 0.1) is 0 Å². The summed E-state index contributed by atoms with van der Waals surface area (Å²) in [6.45, 7) is 5.47. The summed E-state index contributed by atoms with van der Waals surface area (Å²) in [6, 6.07) is 6.22. The number of esters is 1. The maximum absolute atomic E-state index is 12.4. The van der Waals surface area contributed by atoms with Crippen molar-refractivity contribution in [3.05, 3.63) is 45.3 Å². The number of primary amides is 1. The number of ether oxygens (including phenoxy) is 1. The molecule has 0 fully saturated rings. The quantitative estimate of drug-likeness (QED) is 0.538. The van der Waals surface area contributed by atoms with Gasteiger partial charge in [0.15, 0.2) is 0 Å². The van der Waals surface area contributed by atoms with E-state index in [1.54, 1.807) is 24.3 Å². The van der Waals surface area contributed by atoms with E-state index in [4.69, 9.17) is 22.1 Å². The third-order valence-corrected chi connectivity index (χ3v) is 6.09. The van der Waals surface area contributed by atoms with Gasteiger partial charge in [-0.25, -0.2) is 4.79 Å². The Bertz CT molecular complexity index is 975. The Morgan fingerprint density at radius 3 is 2.58 bits per heavy atom. The van der Waals surface area contributed by atoms with Crippen molar-refractivity contribution in [3.8, 4) is 0 Å². The van der Waals surface area contributed by atoms with Gasteiger partial charge in [0, 0.05) is 35.2 Å². The van der Waals surface area contributed by atoms with Gasteiger partial charge in [-0.3, -0.25) is 19.8 Å². The molecule has 0 atom stereocenters. The van der Waals surface area contributed by atoms with Crippen LogP contribution in [-0.2, 0) is 22.5 Å². The maximum atomic E-state index is 12.4. The summed E-state index contributed by atoms with van der Waals surface area (Å²) < 4.78 is 5.18. The fraction of sp³-hybridized carbons (Fsp3) is 0.381. The van der Waals surface area contributed by atoms with Crippen LogP contribution in [0.15, 0.2) is 24.3 Å². The smallest absolute Gasteiger partial charge is 0.324 e. The first kappa shape index (κ1) is 23.1. The number of hydrogen-bond acceptors (Lipinski definition) is 6. The van der Waals surface area contributed by atoms with Crippen LogP contribution < -0.4 is 16.4 Å². The second-order valence-corrected chi connectivity index (χ2v) is 9.01. The molecule has 0 bridgehead atoms. The second-order valence-electron chi connectivity index (χ2n) is 7.47. The Morgan fingerprint density at radius 1 is 1.23 bits per heavy atom. The molecule has 0 aliphatic carbocycles. The lowest BCUT2D eigenvalue weighted by Gasteiger charge is -2.26. The molecule has 8 nitrogen and oxygen atoms in total. The number of thiophene rings is 1. The number of halogens is 1. The normalized spacial score (nSPS) is 13.5. The third-order valence-electron chi connectivity index (χ3n) is 4.71. The predicted molar refractivity (Wildman–Crippen MR) is 122 cm³/mol. The third kappa shape index (κ3) is 6.19. The topological polar surface area (TPSA) is 114 Å². The number of hydrogen-bond donors (Lipinski definition) is 3. The van der Waals surface area contributed by atoms with E-state index in [9.17, 15) is 14.4 Å². The highest BCUT2D eigenvalue weighted by molar-refractivity contribution is 7.17. The lowest BCUT2D eigenvalue weighted by Crippen LogP contribution is -2.33. The number of carbonyl (C=O) groups excluding carboxylic acids is 3. The van der Waals surface area contributed by atoms with Crippen molar-refractivity contribution in [2.45, 2.75) is 39.3 Å². The van der Waals surface area contributed by atoms with Crippen LogP contribution in [0.5, 0.6) is 0 Å². The molecule has 1 aromatic carbocycles. The molecule has 4 N–H and O–H groups in total. The Morgan fingerprint density at radius 2 is 1.94 bits per heavy atom. The van der Waals surface area contributed by atoms with Crippen molar-refractivity contribution < 1.29 is 19.1 Å². The standard InChI is InChI=1S/C21H25ClN4O4S/c1-12(2)30-17(27)8-10-26-9-7-15-16(11-26)31-20(18(15)19(23)28)25-21(29)24-14-5-3-13(22)4-6-14/h3-6,12H,7-11H2,1-2H3,(H2,23,28)(H2,24,25,29). The Hall–Kier alpha value is -2.62. The van der Waals surface area contributed by atoms with Gasteiger partial charge in [-0.1, -0.05) is 11.6 Å². The number of benzene rings is 1. The van der Waals surface area contributed by atoms with Crippen LogP contribution in [-0.4, -0.2) is 42.0 Å². The molecule has 2 heterocycles. The van der Waals surface area contributed by atoms with Crippen molar-refractivity contribution in [3.63, 3.8) is 0 Å². The van der Waals surface area contributed by atoms with Gasteiger partial charge in [0.2, 0.25) is 0 Å². The largest absolute Gasteiger partial charge is 0.463 e. The van der Waals surface area contributed by atoms with Crippen molar-refractivity contribution in [1.82, 2.24) is 4.90 Å². The van der Waals surface area contributed by atoms with Crippen LogP contribution >= 0.6 is 22.9 Å². The number of anilines is 2. The minimum absolute atomic E-state index is 0.136. The van der Waals surface area contributed by atoms with Crippen LogP contribution in [0.1, 0.15) is 41.1 Å². The van der Waals surface area contributed by atoms with Gasteiger partial charge in [0.25, 0.3) is 5.91 Å². The second kappa shape index (κ2) is 10.1. The molecule has 3 amide bonds. The first-order valence-corrected chi connectivity index (χ1v) is 11.1. The van der Waals surface area contributed by atoms with Crippen LogP contribution in [0.25, 0.3) is 0 Å². The van der Waals surface area contributed by atoms with E-state index < -0.39 is 11.9 Å². The summed E-state index contributed by atoms with van der Waals surface area (Å²) in [7, 11) is 0. The molecule has 1 aliphatic heterocycles. The number of nitrogens with one attached hydrogen (secondary N) is 2. The van der Waals surface area contributed by atoms with Gasteiger partial charge >= 0.3 is 12.0 Å². The number of amides is 3. The molecular weight excluding hydrogens is 440 g/mol. The number of fused-ring (bicyclic) bond motifs is 1. The van der Waals surface area contributed by atoms with E-state index in [0.29, 0.717) is 53.8 Å². The number of rotatable bonds is 7. The molecular formula is C21H25ClN4O4S. The van der Waals surface area contributed by atoms with Crippen molar-refractivity contribution in [1.29, 1.82) is 0 Å². The number of nitrogens with two attached hydrogens (primary N) is 1. The maximum Gasteiger partial charge on any atom is 0.324 e.